The predicted molar refractivity (Wildman–Crippen MR) is 153 cm³/mol. The molecule has 3 aromatic heterocycles. The highest BCUT2D eigenvalue weighted by atomic mass is 79.9. The first kappa shape index (κ1) is 26.4. The molecule has 0 saturated carbocycles. The number of aromatic amines is 2. The molecule has 38 heavy (non-hydrogen) atoms. The first-order valence-electron chi connectivity index (χ1n) is 12.8. The van der Waals surface area contributed by atoms with Crippen molar-refractivity contribution in [2.75, 3.05) is 0 Å². The van der Waals surface area contributed by atoms with Crippen molar-refractivity contribution in [2.45, 2.75) is 79.1 Å². The summed E-state index contributed by atoms with van der Waals surface area (Å²) in [5.74, 6) is -0.187. The minimum atomic E-state index is -0.373. The summed E-state index contributed by atoms with van der Waals surface area (Å²) in [6.45, 7) is 15.3. The van der Waals surface area contributed by atoms with Gasteiger partial charge in [0, 0.05) is 57.2 Å². The summed E-state index contributed by atoms with van der Waals surface area (Å²) >= 11 is 3.78. The van der Waals surface area contributed by atoms with Crippen LogP contribution >= 0.6 is 15.9 Å². The Morgan fingerprint density at radius 3 is 1.74 bits per heavy atom. The van der Waals surface area contributed by atoms with Gasteiger partial charge in [0.15, 0.2) is 17.3 Å². The molecule has 0 amide bonds. The minimum absolute atomic E-state index is 0.0224. The molecule has 0 saturated heterocycles. The van der Waals surface area contributed by atoms with Gasteiger partial charge in [-0.15, -0.1) is 0 Å². The first-order chi connectivity index (χ1) is 17.6. The topological polar surface area (TPSA) is 112 Å². The molecule has 0 fully saturated rings. The molecule has 0 aromatic carbocycles. The van der Waals surface area contributed by atoms with Gasteiger partial charge in [-0.05, 0) is 66.9 Å². The lowest BCUT2D eigenvalue weighted by atomic mass is 9.86. The van der Waals surface area contributed by atoms with E-state index in [1.54, 1.807) is 6.92 Å². The Balaban J connectivity index is 2.06. The van der Waals surface area contributed by atoms with Gasteiger partial charge in [0.1, 0.15) is 0 Å². The molecule has 3 N–H and O–H groups in total. The van der Waals surface area contributed by atoms with Crippen LogP contribution in [0, 0.1) is 13.8 Å². The van der Waals surface area contributed by atoms with E-state index in [1.807, 2.05) is 26.0 Å². The maximum absolute atomic E-state index is 12.8. The van der Waals surface area contributed by atoms with Crippen LogP contribution in [-0.2, 0) is 23.7 Å². The van der Waals surface area contributed by atoms with Gasteiger partial charge < -0.3 is 15.1 Å². The minimum Gasteiger partial charge on any atom is -0.504 e. The van der Waals surface area contributed by atoms with E-state index in [2.05, 4.69) is 53.6 Å². The molecule has 0 unspecified atom stereocenters. The number of nitrogens with zero attached hydrogens (tertiary/aromatic N) is 2. The summed E-state index contributed by atoms with van der Waals surface area (Å²) < 4.78 is 0.758. The summed E-state index contributed by atoms with van der Waals surface area (Å²) in [6.07, 6.45) is 1.16. The van der Waals surface area contributed by atoms with E-state index in [4.69, 9.17) is 9.97 Å². The van der Waals surface area contributed by atoms with Crippen molar-refractivity contribution in [1.82, 2.24) is 19.9 Å². The quantitative estimate of drug-likeness (QED) is 0.289. The number of fused-ring (bicyclic) bond motifs is 8. The monoisotopic (exact) mass is 576 g/mol. The van der Waals surface area contributed by atoms with Gasteiger partial charge >= 0.3 is 0 Å². The lowest BCUT2D eigenvalue weighted by Crippen LogP contribution is -2.15. The molecule has 2 aliphatic rings. The molecule has 8 bridgehead atoms. The molecule has 0 aliphatic carbocycles. The lowest BCUT2D eigenvalue weighted by Gasteiger charge is -2.16. The lowest BCUT2D eigenvalue weighted by molar-refractivity contribution is 0.101. The number of carbonyl (C=O) groups is 2. The van der Waals surface area contributed by atoms with Crippen LogP contribution in [0.2, 0.25) is 0 Å². The Kier molecular flexibility index (Phi) is 5.98. The Bertz CT molecular complexity index is 1600. The predicted octanol–water partition coefficient (Wildman–Crippen LogP) is 6.85. The van der Waals surface area contributed by atoms with Crippen molar-refractivity contribution in [1.29, 1.82) is 0 Å². The summed E-state index contributed by atoms with van der Waals surface area (Å²) in [6, 6.07) is 3.92. The number of rotatable bonds is 2. The molecule has 7 nitrogen and oxygen atoms in total. The van der Waals surface area contributed by atoms with E-state index >= 15 is 0 Å². The van der Waals surface area contributed by atoms with E-state index in [0.717, 1.165) is 43.7 Å². The van der Waals surface area contributed by atoms with Crippen LogP contribution in [0.1, 0.15) is 96.2 Å². The van der Waals surface area contributed by atoms with E-state index < -0.39 is 0 Å². The third-order valence-electron chi connectivity index (χ3n) is 7.94. The highest BCUT2D eigenvalue weighted by Crippen LogP contribution is 2.40. The second-order valence-electron chi connectivity index (χ2n) is 11.9. The summed E-state index contributed by atoms with van der Waals surface area (Å²) in [5, 5.41) is 11.4. The van der Waals surface area contributed by atoms with Gasteiger partial charge in [0.25, 0.3) is 0 Å². The number of Topliss-reactive ketones (excluding diaryl/α,β-unsaturated/α-hetero) is 2. The number of aromatic nitrogens is 4. The van der Waals surface area contributed by atoms with Gasteiger partial charge in [-0.1, -0.05) is 27.7 Å². The average Bonchev–Trinajstić information content (AvgIpc) is 3.49. The third-order valence-corrected chi connectivity index (χ3v) is 8.80. The van der Waals surface area contributed by atoms with E-state index in [1.165, 1.54) is 6.92 Å². The maximum atomic E-state index is 12.8. The second kappa shape index (κ2) is 8.63. The second-order valence-corrected chi connectivity index (χ2v) is 12.7. The van der Waals surface area contributed by atoms with E-state index in [9.17, 15) is 14.7 Å². The molecular formula is C30H33BrN4O3. The van der Waals surface area contributed by atoms with Crippen molar-refractivity contribution < 1.29 is 14.7 Å². The number of aryl methyl sites for hydroxylation is 2. The number of halogens is 1. The Hall–Kier alpha value is -3.26. The molecule has 0 atom stereocenters. The number of hydrogen-bond acceptors (Lipinski definition) is 5. The van der Waals surface area contributed by atoms with E-state index in [0.29, 0.717) is 40.7 Å². The van der Waals surface area contributed by atoms with Gasteiger partial charge in [0.05, 0.1) is 26.9 Å². The number of H-pyrrole nitrogens is 2. The van der Waals surface area contributed by atoms with Crippen molar-refractivity contribution in [3.05, 3.63) is 61.6 Å². The fourth-order valence-electron chi connectivity index (χ4n) is 5.71. The Morgan fingerprint density at radius 2 is 1.24 bits per heavy atom. The molecule has 3 aromatic rings. The van der Waals surface area contributed by atoms with Crippen LogP contribution in [0.5, 0.6) is 5.75 Å². The number of aromatic hydroxyl groups is 1. The van der Waals surface area contributed by atoms with Crippen molar-refractivity contribution >= 4 is 49.6 Å². The van der Waals surface area contributed by atoms with E-state index in [-0.39, 0.29) is 28.1 Å². The fourth-order valence-corrected chi connectivity index (χ4v) is 6.23. The van der Waals surface area contributed by atoms with Crippen LogP contribution in [0.4, 0.5) is 0 Å². The van der Waals surface area contributed by atoms with Crippen LogP contribution in [0.25, 0.3) is 22.1 Å². The van der Waals surface area contributed by atoms with Crippen molar-refractivity contribution in [3.8, 4) is 5.75 Å². The third kappa shape index (κ3) is 4.01. The number of ketones is 2. The van der Waals surface area contributed by atoms with Gasteiger partial charge in [-0.3, -0.25) is 19.6 Å². The molecule has 8 heteroatoms. The smallest absolute Gasteiger partial charge is 0.162 e. The zero-order chi connectivity index (χ0) is 27.9. The molecule has 5 rings (SSSR count). The normalized spacial score (nSPS) is 16.0. The van der Waals surface area contributed by atoms with Crippen LogP contribution in [-0.4, -0.2) is 36.6 Å². The standard InChI is InChI=1S/C30H33BrN4O3/c1-13-17-9-22-30(7,8)12-20(33-22)28(38)27-24(16(4)37)14(2)18(35-27)10-21-29(5,6)11-19(32-21)25(31)26(34-17)23(13)15(3)36/h9-10,34-35,38H,11-12H2,1-8H3. The van der Waals surface area contributed by atoms with Crippen LogP contribution in [0.3, 0.4) is 0 Å². The van der Waals surface area contributed by atoms with Crippen LogP contribution < -0.4 is 0 Å². The van der Waals surface area contributed by atoms with Crippen LogP contribution in [0.15, 0.2) is 16.6 Å². The largest absolute Gasteiger partial charge is 0.504 e. The molecule has 198 valence electrons. The molecule has 2 aliphatic heterocycles. The molecule has 0 radical (unpaired) electrons. The summed E-state index contributed by atoms with van der Waals surface area (Å²) in [4.78, 5) is 42.2. The molecule has 0 spiro atoms. The Morgan fingerprint density at radius 1 is 0.816 bits per heavy atom. The maximum Gasteiger partial charge on any atom is 0.162 e. The molecular weight excluding hydrogens is 544 g/mol. The number of hydrogen-bond donors (Lipinski definition) is 3. The average molecular weight is 578 g/mol. The van der Waals surface area contributed by atoms with Gasteiger partial charge in [-0.2, -0.15) is 0 Å². The SMILES string of the molecule is CC(=O)c1c(C)c2cc3nc(c(Br)c4[nH]c(cc5nc(c(O)c1[nH]2)CC5(C)C)c(C)c4C(C)=O)CC3(C)C. The van der Waals surface area contributed by atoms with Gasteiger partial charge in [0.2, 0.25) is 0 Å². The summed E-state index contributed by atoms with van der Waals surface area (Å²) in [7, 11) is 0. The summed E-state index contributed by atoms with van der Waals surface area (Å²) in [5.41, 5.74) is 7.59. The van der Waals surface area contributed by atoms with Gasteiger partial charge in [-0.25, -0.2) is 0 Å². The highest BCUT2D eigenvalue weighted by molar-refractivity contribution is 9.10. The zero-order valence-corrected chi connectivity index (χ0v) is 24.7. The fraction of sp³-hybridized carbons (Fsp3) is 0.400. The zero-order valence-electron chi connectivity index (χ0n) is 23.1. The molecule has 5 heterocycles. The highest BCUT2D eigenvalue weighted by Gasteiger charge is 2.33. The number of nitrogens with one attached hydrogen (secondary N) is 2. The van der Waals surface area contributed by atoms with Crippen molar-refractivity contribution in [2.24, 2.45) is 0 Å². The first-order valence-corrected chi connectivity index (χ1v) is 13.6. The number of carbonyl (C=O) groups excluding carboxylic acids is 2. The Labute approximate surface area is 230 Å². The van der Waals surface area contributed by atoms with Crippen molar-refractivity contribution in [3.63, 3.8) is 0 Å².